The minimum absolute atomic E-state index is 0. The van der Waals surface area contributed by atoms with E-state index in [4.69, 9.17) is 0 Å². The van der Waals surface area contributed by atoms with Crippen molar-refractivity contribution in [3.05, 3.63) is 0 Å². The van der Waals surface area contributed by atoms with E-state index < -0.39 is 0 Å². The number of amides is 1. The average molecular weight is 318 g/mol. The molecule has 2 fully saturated rings. The van der Waals surface area contributed by atoms with Gasteiger partial charge in [-0.2, -0.15) is 0 Å². The number of hydrogen-bond donors (Lipinski definition) is 1. The van der Waals surface area contributed by atoms with Crippen molar-refractivity contribution in [2.45, 2.75) is 71.0 Å². The number of likely N-dealkylation sites (tertiary alicyclic amines) is 1. The molecule has 0 aliphatic carbocycles. The first kappa shape index (κ1) is 18.7. The molecule has 21 heavy (non-hydrogen) atoms. The molecule has 2 aliphatic heterocycles. The lowest BCUT2D eigenvalue weighted by atomic mass is 9.97. The highest BCUT2D eigenvalue weighted by atomic mass is 35.5. The van der Waals surface area contributed by atoms with E-state index in [1.54, 1.807) is 0 Å². The standard InChI is InChI=1S/C16H31N3O.ClH/c1-4-10-18(15-8-9-17-11-15)12-16(20)19-13(2)6-5-7-14(19)3;/h13-15,17H,4-12H2,1-3H3;1H. The zero-order valence-corrected chi connectivity index (χ0v) is 14.6. The van der Waals surface area contributed by atoms with Crippen molar-refractivity contribution in [3.63, 3.8) is 0 Å². The van der Waals surface area contributed by atoms with E-state index in [-0.39, 0.29) is 12.4 Å². The molecule has 3 unspecified atom stereocenters. The zero-order valence-electron chi connectivity index (χ0n) is 13.8. The normalized spacial score (nSPS) is 29.5. The summed E-state index contributed by atoms with van der Waals surface area (Å²) in [4.78, 5) is 17.3. The molecule has 2 rings (SSSR count). The first-order valence-corrected chi connectivity index (χ1v) is 8.39. The minimum Gasteiger partial charge on any atom is -0.336 e. The summed E-state index contributed by atoms with van der Waals surface area (Å²) >= 11 is 0. The van der Waals surface area contributed by atoms with Crippen LogP contribution in [-0.4, -0.2) is 60.0 Å². The third kappa shape index (κ3) is 4.83. The Kier molecular flexibility index (Phi) is 7.99. The molecular weight excluding hydrogens is 286 g/mol. The fourth-order valence-corrected chi connectivity index (χ4v) is 3.80. The van der Waals surface area contributed by atoms with Gasteiger partial charge in [0.1, 0.15) is 0 Å². The van der Waals surface area contributed by atoms with Crippen molar-refractivity contribution in [2.75, 3.05) is 26.2 Å². The number of piperidine rings is 1. The van der Waals surface area contributed by atoms with E-state index in [1.807, 2.05) is 0 Å². The van der Waals surface area contributed by atoms with E-state index in [2.05, 4.69) is 35.9 Å². The monoisotopic (exact) mass is 317 g/mol. The Balaban J connectivity index is 0.00000220. The van der Waals surface area contributed by atoms with E-state index in [0.29, 0.717) is 30.6 Å². The predicted octanol–water partition coefficient (Wildman–Crippen LogP) is 2.27. The number of hydrogen-bond acceptors (Lipinski definition) is 3. The second-order valence-corrected chi connectivity index (χ2v) is 6.55. The molecule has 0 radical (unpaired) electrons. The third-order valence-electron chi connectivity index (χ3n) is 4.88. The third-order valence-corrected chi connectivity index (χ3v) is 4.88. The Morgan fingerprint density at radius 3 is 2.43 bits per heavy atom. The van der Waals surface area contributed by atoms with Crippen LogP contribution in [0.2, 0.25) is 0 Å². The van der Waals surface area contributed by atoms with Crippen molar-refractivity contribution in [1.82, 2.24) is 15.1 Å². The number of halogens is 1. The predicted molar refractivity (Wildman–Crippen MR) is 90.0 cm³/mol. The zero-order chi connectivity index (χ0) is 14.5. The SMILES string of the molecule is CCCN(CC(=O)N1C(C)CCCC1C)C1CCNC1.Cl. The quantitative estimate of drug-likeness (QED) is 0.845. The van der Waals surface area contributed by atoms with Crippen LogP contribution in [0.1, 0.15) is 52.9 Å². The van der Waals surface area contributed by atoms with Gasteiger partial charge in [0.05, 0.1) is 6.54 Å². The Morgan fingerprint density at radius 1 is 1.24 bits per heavy atom. The number of carbonyl (C=O) groups is 1. The molecule has 0 aromatic heterocycles. The molecule has 0 bridgehead atoms. The van der Waals surface area contributed by atoms with Crippen LogP contribution in [0.5, 0.6) is 0 Å². The van der Waals surface area contributed by atoms with E-state index in [1.165, 1.54) is 12.8 Å². The second-order valence-electron chi connectivity index (χ2n) is 6.55. The fourth-order valence-electron chi connectivity index (χ4n) is 3.80. The summed E-state index contributed by atoms with van der Waals surface area (Å²) in [6.45, 7) is 10.4. The fraction of sp³-hybridized carbons (Fsp3) is 0.938. The maximum Gasteiger partial charge on any atom is 0.237 e. The summed E-state index contributed by atoms with van der Waals surface area (Å²) in [5.74, 6) is 0.338. The number of carbonyl (C=O) groups excluding carboxylic acids is 1. The molecule has 3 atom stereocenters. The Labute approximate surface area is 136 Å². The molecule has 124 valence electrons. The molecule has 1 amide bonds. The van der Waals surface area contributed by atoms with Crippen LogP contribution in [0.25, 0.3) is 0 Å². The first-order chi connectivity index (χ1) is 9.63. The second kappa shape index (κ2) is 8.96. The van der Waals surface area contributed by atoms with Crippen molar-refractivity contribution in [1.29, 1.82) is 0 Å². The van der Waals surface area contributed by atoms with Gasteiger partial charge < -0.3 is 10.2 Å². The van der Waals surface area contributed by atoms with Crippen molar-refractivity contribution < 1.29 is 4.79 Å². The summed E-state index contributed by atoms with van der Waals surface area (Å²) in [6, 6.07) is 1.38. The van der Waals surface area contributed by atoms with Crippen molar-refractivity contribution in [2.24, 2.45) is 0 Å². The van der Waals surface area contributed by atoms with Crippen LogP contribution < -0.4 is 5.32 Å². The Hall–Kier alpha value is -0.320. The number of rotatable bonds is 5. The van der Waals surface area contributed by atoms with E-state index in [0.717, 1.165) is 38.9 Å². The molecule has 0 saturated carbocycles. The highest BCUT2D eigenvalue weighted by molar-refractivity contribution is 5.85. The molecule has 0 aromatic rings. The molecule has 1 N–H and O–H groups in total. The van der Waals surface area contributed by atoms with Gasteiger partial charge in [-0.15, -0.1) is 12.4 Å². The topological polar surface area (TPSA) is 35.6 Å². The van der Waals surface area contributed by atoms with Crippen LogP contribution in [0.3, 0.4) is 0 Å². The minimum atomic E-state index is 0. The molecular formula is C16H32ClN3O. The first-order valence-electron chi connectivity index (χ1n) is 8.39. The average Bonchev–Trinajstić information content (AvgIpc) is 2.91. The maximum atomic E-state index is 12.7. The van der Waals surface area contributed by atoms with Gasteiger partial charge in [-0.1, -0.05) is 6.92 Å². The van der Waals surface area contributed by atoms with Gasteiger partial charge in [-0.25, -0.2) is 0 Å². The summed E-state index contributed by atoms with van der Waals surface area (Å²) in [6.07, 6.45) is 5.88. The van der Waals surface area contributed by atoms with Gasteiger partial charge >= 0.3 is 0 Å². The van der Waals surface area contributed by atoms with E-state index >= 15 is 0 Å². The molecule has 0 aromatic carbocycles. The highest BCUT2D eigenvalue weighted by Crippen LogP contribution is 2.23. The van der Waals surface area contributed by atoms with Gasteiger partial charge in [0.15, 0.2) is 0 Å². The van der Waals surface area contributed by atoms with Gasteiger partial charge in [-0.3, -0.25) is 9.69 Å². The molecule has 2 saturated heterocycles. The molecule has 0 spiro atoms. The number of nitrogens with one attached hydrogen (secondary N) is 1. The Bertz CT molecular complexity index is 311. The van der Waals surface area contributed by atoms with Gasteiger partial charge in [0, 0.05) is 24.7 Å². The summed E-state index contributed by atoms with van der Waals surface area (Å²) in [5, 5.41) is 3.41. The molecule has 4 nitrogen and oxygen atoms in total. The lowest BCUT2D eigenvalue weighted by Gasteiger charge is -2.40. The van der Waals surface area contributed by atoms with Gasteiger partial charge in [-0.05, 0) is 59.0 Å². The van der Waals surface area contributed by atoms with Gasteiger partial charge in [0.2, 0.25) is 5.91 Å². The van der Waals surface area contributed by atoms with E-state index in [9.17, 15) is 4.79 Å². The van der Waals surface area contributed by atoms with Crippen molar-refractivity contribution >= 4 is 18.3 Å². The van der Waals surface area contributed by atoms with Crippen LogP contribution >= 0.6 is 12.4 Å². The highest BCUT2D eigenvalue weighted by Gasteiger charge is 2.31. The smallest absolute Gasteiger partial charge is 0.237 e. The van der Waals surface area contributed by atoms with Crippen molar-refractivity contribution in [3.8, 4) is 0 Å². The lowest BCUT2D eigenvalue weighted by molar-refractivity contribution is -0.139. The maximum absolute atomic E-state index is 12.7. The lowest BCUT2D eigenvalue weighted by Crippen LogP contribution is -2.52. The summed E-state index contributed by atoms with van der Waals surface area (Å²) in [5.41, 5.74) is 0. The van der Waals surface area contributed by atoms with Crippen LogP contribution in [0.4, 0.5) is 0 Å². The number of nitrogens with zero attached hydrogens (tertiary/aromatic N) is 2. The van der Waals surface area contributed by atoms with Crippen LogP contribution in [0.15, 0.2) is 0 Å². The Morgan fingerprint density at radius 2 is 1.90 bits per heavy atom. The largest absolute Gasteiger partial charge is 0.336 e. The molecule has 2 heterocycles. The summed E-state index contributed by atoms with van der Waals surface area (Å²) < 4.78 is 0. The molecule has 5 heteroatoms. The van der Waals surface area contributed by atoms with Gasteiger partial charge in [0.25, 0.3) is 0 Å². The van der Waals surface area contributed by atoms with Crippen LogP contribution in [-0.2, 0) is 4.79 Å². The molecule has 2 aliphatic rings. The summed E-state index contributed by atoms with van der Waals surface area (Å²) in [7, 11) is 0. The van der Waals surface area contributed by atoms with Crippen LogP contribution in [0, 0.1) is 0 Å².